The van der Waals surface area contributed by atoms with E-state index in [2.05, 4.69) is 49.3 Å². The van der Waals surface area contributed by atoms with Crippen LogP contribution in [0, 0.1) is 19.8 Å². The lowest BCUT2D eigenvalue weighted by Gasteiger charge is -2.35. The lowest BCUT2D eigenvalue weighted by molar-refractivity contribution is 0.0861. The predicted molar refractivity (Wildman–Crippen MR) is 88.8 cm³/mol. The second-order valence-corrected chi connectivity index (χ2v) is 6.42. The summed E-state index contributed by atoms with van der Waals surface area (Å²) in [5.74, 6) is 0.695. The number of rotatable bonds is 6. The van der Waals surface area contributed by atoms with Crippen LogP contribution in [0.5, 0.6) is 0 Å². The molecule has 0 saturated carbocycles. The summed E-state index contributed by atoms with van der Waals surface area (Å²) in [7, 11) is 3.88. The summed E-state index contributed by atoms with van der Waals surface area (Å²) in [6, 6.07) is 7.19. The molecule has 1 aliphatic rings. The van der Waals surface area contributed by atoms with Gasteiger partial charge in [-0.2, -0.15) is 0 Å². The molecule has 2 atom stereocenters. The van der Waals surface area contributed by atoms with Crippen LogP contribution in [0.1, 0.15) is 35.6 Å². The lowest BCUT2D eigenvalue weighted by Crippen LogP contribution is -2.41. The van der Waals surface area contributed by atoms with Crippen LogP contribution < -0.4 is 5.32 Å². The Hall–Kier alpha value is -0.900. The van der Waals surface area contributed by atoms with Crippen molar-refractivity contribution in [3.05, 3.63) is 34.9 Å². The van der Waals surface area contributed by atoms with Crippen molar-refractivity contribution in [2.75, 3.05) is 40.4 Å². The molecule has 2 rings (SSSR count). The zero-order valence-electron chi connectivity index (χ0n) is 14.0. The van der Waals surface area contributed by atoms with Crippen LogP contribution in [-0.4, -0.2) is 45.3 Å². The van der Waals surface area contributed by atoms with Crippen molar-refractivity contribution in [3.8, 4) is 0 Å². The van der Waals surface area contributed by atoms with E-state index >= 15 is 0 Å². The normalized spacial score (nSPS) is 21.4. The largest absolute Gasteiger partial charge is 0.384 e. The summed E-state index contributed by atoms with van der Waals surface area (Å²) < 4.78 is 5.34. The van der Waals surface area contributed by atoms with Crippen LogP contribution >= 0.6 is 0 Å². The Morgan fingerprint density at radius 1 is 1.38 bits per heavy atom. The molecule has 1 fully saturated rings. The highest BCUT2D eigenvalue weighted by molar-refractivity contribution is 5.33. The molecule has 0 spiro atoms. The standard InChI is InChI=1S/C18H30N2O/c1-14-7-8-17(15(2)10-14)18(19-3)12-20-9-5-6-16(11-20)13-21-4/h7-8,10,16,18-19H,5-6,9,11-13H2,1-4H3. The first-order chi connectivity index (χ1) is 10.1. The molecule has 21 heavy (non-hydrogen) atoms. The number of aryl methyl sites for hydroxylation is 2. The molecular formula is C18H30N2O. The third kappa shape index (κ3) is 4.53. The number of hydrogen-bond donors (Lipinski definition) is 1. The number of piperidine rings is 1. The molecule has 0 aromatic heterocycles. The van der Waals surface area contributed by atoms with Gasteiger partial charge in [-0.25, -0.2) is 0 Å². The summed E-state index contributed by atoms with van der Waals surface area (Å²) in [4.78, 5) is 2.59. The summed E-state index contributed by atoms with van der Waals surface area (Å²) >= 11 is 0. The minimum Gasteiger partial charge on any atom is -0.384 e. The molecular weight excluding hydrogens is 260 g/mol. The molecule has 1 aliphatic heterocycles. The highest BCUT2D eigenvalue weighted by Crippen LogP contribution is 2.23. The van der Waals surface area contributed by atoms with Crippen molar-refractivity contribution in [1.82, 2.24) is 10.2 Å². The van der Waals surface area contributed by atoms with Gasteiger partial charge in [-0.1, -0.05) is 23.8 Å². The monoisotopic (exact) mass is 290 g/mol. The van der Waals surface area contributed by atoms with Gasteiger partial charge < -0.3 is 15.0 Å². The van der Waals surface area contributed by atoms with Crippen LogP contribution in [0.3, 0.4) is 0 Å². The first-order valence-corrected chi connectivity index (χ1v) is 8.09. The van der Waals surface area contributed by atoms with Gasteiger partial charge in [-0.05, 0) is 57.3 Å². The first kappa shape index (κ1) is 16.5. The number of benzene rings is 1. The Balaban J connectivity index is 2.01. The zero-order chi connectivity index (χ0) is 15.2. The number of nitrogens with one attached hydrogen (secondary N) is 1. The van der Waals surface area contributed by atoms with Gasteiger partial charge in [-0.15, -0.1) is 0 Å². The van der Waals surface area contributed by atoms with Gasteiger partial charge in [0, 0.05) is 26.2 Å². The van der Waals surface area contributed by atoms with Crippen LogP contribution in [0.2, 0.25) is 0 Å². The highest BCUT2D eigenvalue weighted by Gasteiger charge is 2.23. The van der Waals surface area contributed by atoms with E-state index in [0.717, 1.165) is 19.7 Å². The van der Waals surface area contributed by atoms with E-state index in [9.17, 15) is 0 Å². The van der Waals surface area contributed by atoms with Gasteiger partial charge in [-0.3, -0.25) is 0 Å². The van der Waals surface area contributed by atoms with Crippen LogP contribution in [0.15, 0.2) is 18.2 Å². The molecule has 3 heteroatoms. The van der Waals surface area contributed by atoms with E-state index in [1.807, 2.05) is 7.11 Å². The third-order valence-electron chi connectivity index (χ3n) is 4.60. The smallest absolute Gasteiger partial charge is 0.0502 e. The van der Waals surface area contributed by atoms with Gasteiger partial charge >= 0.3 is 0 Å². The zero-order valence-corrected chi connectivity index (χ0v) is 14.0. The van der Waals surface area contributed by atoms with Crippen molar-refractivity contribution in [2.45, 2.75) is 32.7 Å². The molecule has 1 heterocycles. The molecule has 0 radical (unpaired) electrons. The van der Waals surface area contributed by atoms with Crippen LogP contribution in [0.4, 0.5) is 0 Å². The maximum Gasteiger partial charge on any atom is 0.0502 e. The molecule has 1 aromatic carbocycles. The van der Waals surface area contributed by atoms with Crippen molar-refractivity contribution in [3.63, 3.8) is 0 Å². The quantitative estimate of drug-likeness (QED) is 0.872. The van der Waals surface area contributed by atoms with E-state index in [4.69, 9.17) is 4.74 Å². The molecule has 1 N–H and O–H groups in total. The van der Waals surface area contributed by atoms with E-state index in [0.29, 0.717) is 12.0 Å². The highest BCUT2D eigenvalue weighted by atomic mass is 16.5. The van der Waals surface area contributed by atoms with Crippen LogP contribution in [-0.2, 0) is 4.74 Å². The average Bonchev–Trinajstić information content (AvgIpc) is 2.46. The van der Waals surface area contributed by atoms with Crippen molar-refractivity contribution < 1.29 is 4.74 Å². The second kappa shape index (κ2) is 7.92. The number of hydrogen-bond acceptors (Lipinski definition) is 3. The van der Waals surface area contributed by atoms with Crippen molar-refractivity contribution >= 4 is 0 Å². The Labute approximate surface area is 129 Å². The molecule has 3 nitrogen and oxygen atoms in total. The number of likely N-dealkylation sites (N-methyl/N-ethyl adjacent to an activating group) is 1. The average molecular weight is 290 g/mol. The number of ether oxygens (including phenoxy) is 1. The van der Waals surface area contributed by atoms with E-state index in [-0.39, 0.29) is 0 Å². The van der Waals surface area contributed by atoms with Gasteiger partial charge in [0.1, 0.15) is 0 Å². The molecule has 1 saturated heterocycles. The van der Waals surface area contributed by atoms with E-state index < -0.39 is 0 Å². The Morgan fingerprint density at radius 3 is 2.86 bits per heavy atom. The summed E-state index contributed by atoms with van der Waals surface area (Å²) in [5.41, 5.74) is 4.15. The van der Waals surface area contributed by atoms with Crippen molar-refractivity contribution in [2.24, 2.45) is 5.92 Å². The number of nitrogens with zero attached hydrogens (tertiary/aromatic N) is 1. The fraction of sp³-hybridized carbons (Fsp3) is 0.667. The lowest BCUT2D eigenvalue weighted by atomic mass is 9.95. The van der Waals surface area contributed by atoms with E-state index in [1.165, 1.54) is 36.1 Å². The maximum atomic E-state index is 5.34. The maximum absolute atomic E-state index is 5.34. The van der Waals surface area contributed by atoms with Crippen LogP contribution in [0.25, 0.3) is 0 Å². The Morgan fingerprint density at radius 2 is 2.19 bits per heavy atom. The molecule has 1 aromatic rings. The molecule has 0 amide bonds. The second-order valence-electron chi connectivity index (χ2n) is 6.42. The predicted octanol–water partition coefficient (Wildman–Crippen LogP) is 2.92. The Bertz CT molecular complexity index is 445. The molecule has 118 valence electrons. The fourth-order valence-electron chi connectivity index (χ4n) is 3.51. The molecule has 2 unspecified atom stereocenters. The minimum absolute atomic E-state index is 0.409. The third-order valence-corrected chi connectivity index (χ3v) is 4.60. The van der Waals surface area contributed by atoms with E-state index in [1.54, 1.807) is 0 Å². The van der Waals surface area contributed by atoms with Crippen molar-refractivity contribution in [1.29, 1.82) is 0 Å². The summed E-state index contributed by atoms with van der Waals surface area (Å²) in [5, 5.41) is 3.50. The Kier molecular flexibility index (Phi) is 6.22. The van der Waals surface area contributed by atoms with Gasteiger partial charge in [0.05, 0.1) is 6.61 Å². The number of methoxy groups -OCH3 is 1. The summed E-state index contributed by atoms with van der Waals surface area (Å²) in [6.45, 7) is 8.73. The fourth-order valence-corrected chi connectivity index (χ4v) is 3.51. The molecule has 0 aliphatic carbocycles. The van der Waals surface area contributed by atoms with Gasteiger partial charge in [0.15, 0.2) is 0 Å². The van der Waals surface area contributed by atoms with Gasteiger partial charge in [0.25, 0.3) is 0 Å². The minimum atomic E-state index is 0.409. The van der Waals surface area contributed by atoms with Gasteiger partial charge in [0.2, 0.25) is 0 Å². The SMILES string of the molecule is CNC(CN1CCCC(COC)C1)c1ccc(C)cc1C. The topological polar surface area (TPSA) is 24.5 Å². The number of likely N-dealkylation sites (tertiary alicyclic amines) is 1. The summed E-state index contributed by atoms with van der Waals surface area (Å²) in [6.07, 6.45) is 2.59. The molecule has 0 bridgehead atoms. The first-order valence-electron chi connectivity index (χ1n) is 8.09.